The Labute approximate surface area is 154 Å². The zero-order valence-corrected chi connectivity index (χ0v) is 15.0. The van der Waals surface area contributed by atoms with Gasteiger partial charge in [0.15, 0.2) is 11.5 Å². The lowest BCUT2D eigenvalue weighted by atomic mass is 10.1. The number of ether oxygens (including phenoxy) is 2. The maximum Gasteiger partial charge on any atom is 0.288 e. The molecule has 0 bridgehead atoms. The smallest absolute Gasteiger partial charge is 0.288 e. The van der Waals surface area contributed by atoms with Crippen molar-refractivity contribution in [3.8, 4) is 11.5 Å². The number of thioether (sulfide) groups is 1. The summed E-state index contributed by atoms with van der Waals surface area (Å²) in [6, 6.07) is 11.5. The third kappa shape index (κ3) is 4.66. The third-order valence-electron chi connectivity index (χ3n) is 3.96. The first-order valence-electron chi connectivity index (χ1n) is 8.28. The van der Waals surface area contributed by atoms with Gasteiger partial charge in [0.2, 0.25) is 0 Å². The molecular formula is C19H19F2NO3S. The molecular weight excluding hydrogens is 360 g/mol. The Kier molecular flexibility index (Phi) is 5.98. The van der Waals surface area contributed by atoms with Crippen molar-refractivity contribution in [3.63, 3.8) is 0 Å². The average molecular weight is 379 g/mol. The van der Waals surface area contributed by atoms with Gasteiger partial charge in [-0.05, 0) is 48.9 Å². The molecule has 0 spiro atoms. The van der Waals surface area contributed by atoms with Gasteiger partial charge in [-0.25, -0.2) is 0 Å². The van der Waals surface area contributed by atoms with Crippen LogP contribution in [0, 0.1) is 0 Å². The van der Waals surface area contributed by atoms with E-state index in [4.69, 9.17) is 9.47 Å². The minimum Gasteiger partial charge on any atom is -0.490 e. The predicted molar refractivity (Wildman–Crippen MR) is 96.2 cm³/mol. The number of fused-ring (bicyclic) bond motifs is 1. The van der Waals surface area contributed by atoms with Crippen molar-refractivity contribution in [2.45, 2.75) is 30.0 Å². The topological polar surface area (TPSA) is 47.6 Å². The van der Waals surface area contributed by atoms with Crippen LogP contribution in [0.15, 0.2) is 47.4 Å². The van der Waals surface area contributed by atoms with Gasteiger partial charge in [0.05, 0.1) is 19.3 Å². The first-order valence-corrected chi connectivity index (χ1v) is 9.16. The van der Waals surface area contributed by atoms with E-state index in [-0.39, 0.29) is 11.9 Å². The molecule has 0 aromatic heterocycles. The van der Waals surface area contributed by atoms with Gasteiger partial charge < -0.3 is 14.8 Å². The molecule has 1 aliphatic heterocycles. The SMILES string of the molecule is CC(NC(=O)c1ccc(SC(F)F)cc1)c1ccc2c(c1)OCCCO2. The molecule has 1 N–H and O–H groups in total. The molecule has 1 heterocycles. The molecule has 2 aromatic rings. The second-order valence-electron chi connectivity index (χ2n) is 5.85. The minimum absolute atomic E-state index is 0.241. The zero-order chi connectivity index (χ0) is 18.5. The number of benzene rings is 2. The summed E-state index contributed by atoms with van der Waals surface area (Å²) >= 11 is 0.454. The van der Waals surface area contributed by atoms with Crippen LogP contribution < -0.4 is 14.8 Å². The highest BCUT2D eigenvalue weighted by Gasteiger charge is 2.16. The van der Waals surface area contributed by atoms with Crippen molar-refractivity contribution in [2.24, 2.45) is 0 Å². The number of amides is 1. The highest BCUT2D eigenvalue weighted by Crippen LogP contribution is 2.32. The monoisotopic (exact) mass is 379 g/mol. The first kappa shape index (κ1) is 18.5. The van der Waals surface area contributed by atoms with E-state index >= 15 is 0 Å². The molecule has 7 heteroatoms. The number of rotatable bonds is 5. The summed E-state index contributed by atoms with van der Waals surface area (Å²) in [6.07, 6.45) is 0.830. The number of alkyl halides is 2. The lowest BCUT2D eigenvalue weighted by molar-refractivity contribution is 0.0939. The van der Waals surface area contributed by atoms with E-state index in [1.165, 1.54) is 12.1 Å². The standard InChI is InChI=1S/C19H19F2NO3S/c1-12(14-5-8-16-17(11-14)25-10-2-9-24-16)22-18(23)13-3-6-15(7-4-13)26-19(20)21/h3-8,11-12,19H,2,9-10H2,1H3,(H,22,23). The molecule has 0 fully saturated rings. The summed E-state index contributed by atoms with van der Waals surface area (Å²) in [5, 5.41) is 2.90. The molecule has 2 aromatic carbocycles. The van der Waals surface area contributed by atoms with Crippen LogP contribution in [0.5, 0.6) is 11.5 Å². The van der Waals surface area contributed by atoms with Gasteiger partial charge in [0, 0.05) is 16.9 Å². The van der Waals surface area contributed by atoms with E-state index < -0.39 is 5.76 Å². The lowest BCUT2D eigenvalue weighted by Crippen LogP contribution is -2.26. The fraction of sp³-hybridized carbons (Fsp3) is 0.316. The van der Waals surface area contributed by atoms with Crippen LogP contribution in [0.3, 0.4) is 0 Å². The van der Waals surface area contributed by atoms with E-state index in [1.807, 2.05) is 25.1 Å². The molecule has 0 saturated carbocycles. The summed E-state index contributed by atoms with van der Waals surface area (Å²) in [7, 11) is 0. The van der Waals surface area contributed by atoms with Gasteiger partial charge in [-0.2, -0.15) is 8.78 Å². The summed E-state index contributed by atoms with van der Waals surface area (Å²) in [6.45, 7) is 3.09. The van der Waals surface area contributed by atoms with E-state index in [0.717, 1.165) is 12.0 Å². The van der Waals surface area contributed by atoms with Gasteiger partial charge in [0.1, 0.15) is 0 Å². The van der Waals surface area contributed by atoms with Crippen LogP contribution in [0.2, 0.25) is 0 Å². The second kappa shape index (κ2) is 8.40. The Morgan fingerprint density at radius 1 is 1.08 bits per heavy atom. The molecule has 1 unspecified atom stereocenters. The molecule has 0 aliphatic carbocycles. The van der Waals surface area contributed by atoms with Gasteiger partial charge in [-0.1, -0.05) is 17.8 Å². The fourth-order valence-corrected chi connectivity index (χ4v) is 3.10. The molecule has 1 aliphatic rings. The number of carbonyl (C=O) groups excluding carboxylic acids is 1. The van der Waals surface area contributed by atoms with E-state index in [9.17, 15) is 13.6 Å². The number of nitrogens with one attached hydrogen (secondary N) is 1. The van der Waals surface area contributed by atoms with Crippen LogP contribution in [0.4, 0.5) is 8.78 Å². The molecule has 1 atom stereocenters. The van der Waals surface area contributed by atoms with E-state index in [0.29, 0.717) is 46.9 Å². The van der Waals surface area contributed by atoms with Gasteiger partial charge in [-0.15, -0.1) is 0 Å². The van der Waals surface area contributed by atoms with E-state index in [1.54, 1.807) is 12.1 Å². The van der Waals surface area contributed by atoms with Crippen molar-refractivity contribution in [3.05, 3.63) is 53.6 Å². The van der Waals surface area contributed by atoms with Gasteiger partial charge in [0.25, 0.3) is 11.7 Å². The summed E-state index contributed by atoms with van der Waals surface area (Å²) in [5.74, 6) is -1.36. The first-order chi connectivity index (χ1) is 12.5. The normalized spacial score (nSPS) is 14.6. The molecule has 138 valence electrons. The van der Waals surface area contributed by atoms with Crippen LogP contribution in [-0.4, -0.2) is 24.9 Å². The summed E-state index contributed by atoms with van der Waals surface area (Å²) in [4.78, 5) is 12.8. The van der Waals surface area contributed by atoms with Gasteiger partial charge >= 0.3 is 0 Å². The molecule has 4 nitrogen and oxygen atoms in total. The number of carbonyl (C=O) groups is 1. The number of hydrogen-bond donors (Lipinski definition) is 1. The van der Waals surface area contributed by atoms with Gasteiger partial charge in [-0.3, -0.25) is 4.79 Å². The van der Waals surface area contributed by atoms with Crippen LogP contribution >= 0.6 is 11.8 Å². The predicted octanol–water partition coefficient (Wildman–Crippen LogP) is 4.65. The molecule has 0 saturated heterocycles. The molecule has 0 radical (unpaired) electrons. The largest absolute Gasteiger partial charge is 0.490 e. The molecule has 3 rings (SSSR count). The summed E-state index contributed by atoms with van der Waals surface area (Å²) < 4.78 is 36.0. The van der Waals surface area contributed by atoms with Crippen LogP contribution in [0.1, 0.15) is 35.3 Å². The fourth-order valence-electron chi connectivity index (χ4n) is 2.60. The summed E-state index contributed by atoms with van der Waals surface area (Å²) in [5.41, 5.74) is 1.32. The second-order valence-corrected chi connectivity index (χ2v) is 6.92. The Morgan fingerprint density at radius 2 is 1.77 bits per heavy atom. The third-order valence-corrected chi connectivity index (χ3v) is 4.68. The highest BCUT2D eigenvalue weighted by molar-refractivity contribution is 7.99. The lowest BCUT2D eigenvalue weighted by Gasteiger charge is -2.16. The van der Waals surface area contributed by atoms with E-state index in [2.05, 4.69) is 5.32 Å². The Hall–Kier alpha value is -2.28. The van der Waals surface area contributed by atoms with Crippen LogP contribution in [-0.2, 0) is 0 Å². The van der Waals surface area contributed by atoms with Crippen molar-refractivity contribution < 1.29 is 23.0 Å². The number of halogens is 2. The zero-order valence-electron chi connectivity index (χ0n) is 14.2. The Bertz CT molecular complexity index is 768. The maximum atomic E-state index is 12.4. The Morgan fingerprint density at radius 3 is 2.46 bits per heavy atom. The van der Waals surface area contributed by atoms with Crippen molar-refractivity contribution in [2.75, 3.05) is 13.2 Å². The quantitative estimate of drug-likeness (QED) is 0.768. The van der Waals surface area contributed by atoms with Crippen molar-refractivity contribution in [1.29, 1.82) is 0 Å². The molecule has 1 amide bonds. The van der Waals surface area contributed by atoms with Crippen LogP contribution in [0.25, 0.3) is 0 Å². The maximum absolute atomic E-state index is 12.4. The number of hydrogen-bond acceptors (Lipinski definition) is 4. The molecule has 26 heavy (non-hydrogen) atoms. The minimum atomic E-state index is -2.48. The van der Waals surface area contributed by atoms with Crippen molar-refractivity contribution in [1.82, 2.24) is 5.32 Å². The highest BCUT2D eigenvalue weighted by atomic mass is 32.2. The van der Waals surface area contributed by atoms with Crippen molar-refractivity contribution >= 4 is 17.7 Å². The average Bonchev–Trinajstić information content (AvgIpc) is 2.86. The Balaban J connectivity index is 1.66.